The summed E-state index contributed by atoms with van der Waals surface area (Å²) < 4.78 is 6.08. The van der Waals surface area contributed by atoms with Crippen molar-refractivity contribution in [3.05, 3.63) is 47.0 Å². The summed E-state index contributed by atoms with van der Waals surface area (Å²) >= 11 is 0. The quantitative estimate of drug-likeness (QED) is 0.796. The lowest BCUT2D eigenvalue weighted by Crippen LogP contribution is -2.66. The first-order valence-electron chi connectivity index (χ1n) is 10.3. The van der Waals surface area contributed by atoms with Crippen molar-refractivity contribution in [2.24, 2.45) is 5.92 Å². The van der Waals surface area contributed by atoms with Crippen molar-refractivity contribution in [1.82, 2.24) is 25.4 Å². The summed E-state index contributed by atoms with van der Waals surface area (Å²) in [6.07, 6.45) is 8.04. The number of ether oxygens (including phenoxy) is 1. The van der Waals surface area contributed by atoms with Gasteiger partial charge in [-0.25, -0.2) is 0 Å². The minimum Gasteiger partial charge on any atom is -0.371 e. The van der Waals surface area contributed by atoms with Crippen molar-refractivity contribution in [3.8, 4) is 0 Å². The molecule has 1 aliphatic carbocycles. The third-order valence-corrected chi connectivity index (χ3v) is 6.53. The van der Waals surface area contributed by atoms with Crippen molar-refractivity contribution in [2.75, 3.05) is 26.2 Å². The van der Waals surface area contributed by atoms with Crippen molar-refractivity contribution < 1.29 is 14.3 Å². The summed E-state index contributed by atoms with van der Waals surface area (Å²) in [4.78, 5) is 30.9. The number of amides is 2. The van der Waals surface area contributed by atoms with E-state index in [0.29, 0.717) is 43.4 Å². The van der Waals surface area contributed by atoms with Crippen LogP contribution in [0.5, 0.6) is 0 Å². The number of aromatic nitrogens is 3. The average molecular weight is 395 g/mol. The monoisotopic (exact) mass is 395 g/mol. The number of aromatic amines is 1. The maximum atomic E-state index is 12.9. The molecule has 0 aromatic carbocycles. The number of carbonyl (C=O) groups is 2. The Kier molecular flexibility index (Phi) is 4.58. The van der Waals surface area contributed by atoms with Gasteiger partial charge in [-0.15, -0.1) is 0 Å². The smallest absolute Gasteiger partial charge is 0.274 e. The Morgan fingerprint density at radius 3 is 2.93 bits per heavy atom. The molecule has 0 radical (unpaired) electrons. The molecule has 2 amide bonds. The van der Waals surface area contributed by atoms with Crippen molar-refractivity contribution in [1.29, 1.82) is 0 Å². The largest absolute Gasteiger partial charge is 0.371 e. The van der Waals surface area contributed by atoms with Crippen molar-refractivity contribution >= 4 is 11.8 Å². The Morgan fingerprint density at radius 1 is 1.28 bits per heavy atom. The van der Waals surface area contributed by atoms with Crippen molar-refractivity contribution in [3.63, 3.8) is 0 Å². The van der Waals surface area contributed by atoms with E-state index in [2.05, 4.69) is 20.5 Å². The minimum atomic E-state index is -0.267. The molecule has 2 aromatic rings. The summed E-state index contributed by atoms with van der Waals surface area (Å²) in [6, 6.07) is 3.41. The molecule has 5 rings (SSSR count). The van der Waals surface area contributed by atoms with Gasteiger partial charge in [0.1, 0.15) is 5.60 Å². The Labute approximate surface area is 169 Å². The Bertz CT molecular complexity index is 920. The molecule has 2 aromatic heterocycles. The summed E-state index contributed by atoms with van der Waals surface area (Å²) in [7, 11) is 0. The highest BCUT2D eigenvalue weighted by atomic mass is 16.5. The predicted molar refractivity (Wildman–Crippen MR) is 104 cm³/mol. The number of H-pyrrole nitrogens is 1. The molecule has 1 atom stereocenters. The minimum absolute atomic E-state index is 0.00950. The maximum absolute atomic E-state index is 12.9. The van der Waals surface area contributed by atoms with E-state index in [1.54, 1.807) is 24.5 Å². The van der Waals surface area contributed by atoms with Crippen LogP contribution in [0, 0.1) is 5.92 Å². The summed E-state index contributed by atoms with van der Waals surface area (Å²) in [6.45, 7) is 2.52. The van der Waals surface area contributed by atoms with E-state index in [1.807, 2.05) is 4.90 Å². The van der Waals surface area contributed by atoms with Gasteiger partial charge < -0.3 is 15.0 Å². The fourth-order valence-corrected chi connectivity index (χ4v) is 4.90. The van der Waals surface area contributed by atoms with Crippen LogP contribution in [-0.4, -0.2) is 63.7 Å². The van der Waals surface area contributed by atoms with Gasteiger partial charge in [-0.05, 0) is 50.2 Å². The molecule has 8 heteroatoms. The van der Waals surface area contributed by atoms with Crippen LogP contribution in [0.3, 0.4) is 0 Å². The van der Waals surface area contributed by atoms with E-state index in [-0.39, 0.29) is 17.4 Å². The number of hydrogen-bond acceptors (Lipinski definition) is 5. The molecule has 0 saturated carbocycles. The zero-order chi connectivity index (χ0) is 19.8. The number of aryl methyl sites for hydroxylation is 1. The molecular weight excluding hydrogens is 370 g/mol. The van der Waals surface area contributed by atoms with Gasteiger partial charge in [-0.2, -0.15) is 5.10 Å². The van der Waals surface area contributed by atoms with Crippen LogP contribution in [0.25, 0.3) is 0 Å². The molecule has 29 heavy (non-hydrogen) atoms. The molecule has 2 N–H and O–H groups in total. The molecule has 152 valence electrons. The van der Waals surface area contributed by atoms with E-state index in [1.165, 1.54) is 0 Å². The molecule has 4 heterocycles. The Hall–Kier alpha value is -2.74. The molecule has 2 saturated heterocycles. The molecule has 0 unspecified atom stereocenters. The highest BCUT2D eigenvalue weighted by molar-refractivity contribution is 5.95. The number of pyridine rings is 1. The van der Waals surface area contributed by atoms with E-state index < -0.39 is 0 Å². The van der Waals surface area contributed by atoms with Gasteiger partial charge in [0.15, 0.2) is 5.69 Å². The fourth-order valence-electron chi connectivity index (χ4n) is 4.90. The van der Waals surface area contributed by atoms with Gasteiger partial charge in [0.05, 0.1) is 13.1 Å². The lowest BCUT2D eigenvalue weighted by molar-refractivity contribution is -0.118. The van der Waals surface area contributed by atoms with Crippen LogP contribution >= 0.6 is 0 Å². The first-order valence-corrected chi connectivity index (χ1v) is 10.3. The van der Waals surface area contributed by atoms with E-state index in [9.17, 15) is 9.59 Å². The summed E-state index contributed by atoms with van der Waals surface area (Å²) in [5, 5.41) is 10.3. The molecular formula is C21H25N5O3. The van der Waals surface area contributed by atoms with Gasteiger partial charge >= 0.3 is 0 Å². The van der Waals surface area contributed by atoms with Gasteiger partial charge in [-0.1, -0.05) is 0 Å². The lowest BCUT2D eigenvalue weighted by Gasteiger charge is -2.50. The average Bonchev–Trinajstić information content (AvgIpc) is 3.42. The second kappa shape index (κ2) is 7.26. The van der Waals surface area contributed by atoms with Crippen LogP contribution in [0.1, 0.15) is 51.4 Å². The fraction of sp³-hybridized carbons (Fsp3) is 0.524. The van der Waals surface area contributed by atoms with Crippen molar-refractivity contribution in [2.45, 2.75) is 37.7 Å². The zero-order valence-corrected chi connectivity index (χ0v) is 16.3. The Balaban J connectivity index is 1.16. The van der Waals surface area contributed by atoms with Gasteiger partial charge in [0, 0.05) is 42.4 Å². The molecule has 1 spiro atoms. The number of nitrogens with zero attached hydrogens (tertiary/aromatic N) is 3. The van der Waals surface area contributed by atoms with Crippen LogP contribution in [0.2, 0.25) is 0 Å². The first-order chi connectivity index (χ1) is 14.2. The molecule has 2 aliphatic heterocycles. The van der Waals surface area contributed by atoms with Gasteiger partial charge in [0.2, 0.25) is 0 Å². The summed E-state index contributed by atoms with van der Waals surface area (Å²) in [5.74, 6) is 0.266. The maximum Gasteiger partial charge on any atom is 0.274 e. The second-order valence-electron chi connectivity index (χ2n) is 8.22. The number of hydrogen-bond donors (Lipinski definition) is 2. The molecule has 8 nitrogen and oxygen atoms in total. The third kappa shape index (κ3) is 3.21. The second-order valence-corrected chi connectivity index (χ2v) is 8.22. The highest BCUT2D eigenvalue weighted by Crippen LogP contribution is 2.42. The number of fused-ring (bicyclic) bond motifs is 1. The van der Waals surface area contributed by atoms with Gasteiger partial charge in [-0.3, -0.25) is 19.7 Å². The van der Waals surface area contributed by atoms with Crippen LogP contribution in [0.15, 0.2) is 24.5 Å². The normalized spacial score (nSPS) is 21.8. The molecule has 0 bridgehead atoms. The number of likely N-dealkylation sites (tertiary alicyclic amines) is 1. The summed E-state index contributed by atoms with van der Waals surface area (Å²) in [5.41, 5.74) is 3.15. The predicted octanol–water partition coefficient (Wildman–Crippen LogP) is 1.34. The van der Waals surface area contributed by atoms with E-state index in [0.717, 1.165) is 43.4 Å². The number of nitrogens with one attached hydrogen (secondary N) is 2. The standard InChI is InChI=1S/C21H25N5O3/c27-19(14-4-8-22-9-5-14)23-10-6-15-7-11-29-21(15)12-26(13-21)20(28)18-16-2-1-3-17(16)24-25-18/h4-5,8-9,15H,1-3,6-7,10-13H2,(H,23,27)(H,24,25)/t15-/m0/s1. The van der Waals surface area contributed by atoms with E-state index >= 15 is 0 Å². The van der Waals surface area contributed by atoms with E-state index in [4.69, 9.17) is 4.74 Å². The topological polar surface area (TPSA) is 100 Å². The molecule has 3 aliphatic rings. The number of rotatable bonds is 5. The molecule has 2 fully saturated rings. The lowest BCUT2D eigenvalue weighted by atomic mass is 9.78. The number of carbonyl (C=O) groups excluding carboxylic acids is 2. The third-order valence-electron chi connectivity index (χ3n) is 6.53. The van der Waals surface area contributed by atoms with Crippen LogP contribution < -0.4 is 5.32 Å². The van der Waals surface area contributed by atoms with Crippen LogP contribution in [-0.2, 0) is 17.6 Å². The SMILES string of the molecule is O=C(NCC[C@H]1CCOC12CN(C(=O)c1n[nH]c3c1CCC3)C2)c1ccncc1. The van der Waals surface area contributed by atoms with Crippen LogP contribution in [0.4, 0.5) is 0 Å². The Morgan fingerprint density at radius 2 is 2.10 bits per heavy atom. The zero-order valence-electron chi connectivity index (χ0n) is 16.3. The highest BCUT2D eigenvalue weighted by Gasteiger charge is 2.54. The first kappa shape index (κ1) is 18.3. The van der Waals surface area contributed by atoms with Gasteiger partial charge in [0.25, 0.3) is 11.8 Å².